The molecule has 4 unspecified atom stereocenters. The molecule has 1 fully saturated rings. The summed E-state index contributed by atoms with van der Waals surface area (Å²) in [4.78, 5) is 1.93. The van der Waals surface area contributed by atoms with E-state index in [4.69, 9.17) is 30.9 Å². The van der Waals surface area contributed by atoms with Crippen LogP contribution in [0.2, 0.25) is 5.02 Å². The molecule has 3 aromatic rings. The Kier molecular flexibility index (Phi) is 8.73. The van der Waals surface area contributed by atoms with Crippen LogP contribution in [0.1, 0.15) is 29.0 Å². The van der Waals surface area contributed by atoms with Gasteiger partial charge in [-0.05, 0) is 63.0 Å². The third kappa shape index (κ3) is 4.96. The minimum Gasteiger partial charge on any atom is -0.496 e. The van der Waals surface area contributed by atoms with Gasteiger partial charge in [-0.3, -0.25) is 0 Å². The van der Waals surface area contributed by atoms with Gasteiger partial charge in [-0.1, -0.05) is 35.9 Å². The van der Waals surface area contributed by atoms with Crippen molar-refractivity contribution in [2.45, 2.75) is 29.6 Å². The zero-order chi connectivity index (χ0) is 28.4. The van der Waals surface area contributed by atoms with Gasteiger partial charge in [0.2, 0.25) is 0 Å². The summed E-state index contributed by atoms with van der Waals surface area (Å²) in [6, 6.07) is 16.8. The van der Waals surface area contributed by atoms with Crippen molar-refractivity contribution in [3.05, 3.63) is 88.2 Å². The van der Waals surface area contributed by atoms with Gasteiger partial charge in [0.25, 0.3) is 0 Å². The largest absolute Gasteiger partial charge is 0.496 e. The molecule has 1 aliphatic carbocycles. The molecule has 3 N–H and O–H groups in total. The summed E-state index contributed by atoms with van der Waals surface area (Å²) in [5, 5.41) is 24.7. The van der Waals surface area contributed by atoms with Crippen molar-refractivity contribution in [1.29, 1.82) is 0 Å². The van der Waals surface area contributed by atoms with Crippen molar-refractivity contribution in [1.82, 2.24) is 10.2 Å². The summed E-state index contributed by atoms with van der Waals surface area (Å²) in [6.07, 6.45) is 0.508. The van der Waals surface area contributed by atoms with E-state index in [2.05, 4.69) is 5.32 Å². The van der Waals surface area contributed by atoms with Crippen molar-refractivity contribution < 1.29 is 28.8 Å². The second kappa shape index (κ2) is 11.7. The molecule has 9 heteroatoms. The van der Waals surface area contributed by atoms with Crippen molar-refractivity contribution in [2.75, 3.05) is 48.5 Å². The molecular weight excluding hydrogens is 523 g/mol. The van der Waals surface area contributed by atoms with E-state index in [1.807, 2.05) is 37.2 Å². The number of nitrogens with one attached hydrogen (secondary N) is 1. The van der Waals surface area contributed by atoms with Gasteiger partial charge in [0.1, 0.15) is 23.1 Å². The van der Waals surface area contributed by atoms with Crippen molar-refractivity contribution >= 4 is 11.6 Å². The number of hydrogen-bond donors (Lipinski definition) is 3. The first-order valence-corrected chi connectivity index (χ1v) is 13.2. The fourth-order valence-electron chi connectivity index (χ4n) is 5.88. The summed E-state index contributed by atoms with van der Waals surface area (Å²) >= 11 is 6.20. The summed E-state index contributed by atoms with van der Waals surface area (Å²) in [6.45, 7) is 1.02. The summed E-state index contributed by atoms with van der Waals surface area (Å²) in [7, 11) is 8.77. The van der Waals surface area contributed by atoms with Crippen LogP contribution in [0.5, 0.6) is 17.2 Å². The number of hydrogen-bond acceptors (Lipinski definition) is 7. The first-order chi connectivity index (χ1) is 18.7. The van der Waals surface area contributed by atoms with Crippen LogP contribution in [0.25, 0.3) is 0 Å². The minimum absolute atomic E-state index is 0.257. The molecule has 0 bridgehead atoms. The van der Waals surface area contributed by atoms with E-state index in [0.717, 1.165) is 17.7 Å². The minimum atomic E-state index is -1.53. The van der Waals surface area contributed by atoms with Crippen LogP contribution in [0.4, 0.5) is 4.39 Å². The number of nitrogens with zero attached hydrogens (tertiary/aromatic N) is 1. The number of halogens is 2. The summed E-state index contributed by atoms with van der Waals surface area (Å²) < 4.78 is 32.2. The second-order valence-corrected chi connectivity index (χ2v) is 10.5. The van der Waals surface area contributed by atoms with Crippen LogP contribution in [0.3, 0.4) is 0 Å². The van der Waals surface area contributed by atoms with E-state index >= 15 is 0 Å². The Hall–Kier alpha value is -2.88. The quantitative estimate of drug-likeness (QED) is 0.399. The zero-order valence-electron chi connectivity index (χ0n) is 22.9. The molecule has 3 aromatic carbocycles. The van der Waals surface area contributed by atoms with Gasteiger partial charge >= 0.3 is 0 Å². The number of likely N-dealkylation sites (N-methyl/N-ethyl adjacent to an activating group) is 2. The lowest BCUT2D eigenvalue weighted by atomic mass is 9.71. The van der Waals surface area contributed by atoms with E-state index in [-0.39, 0.29) is 18.3 Å². The maximum absolute atomic E-state index is 14.3. The first kappa shape index (κ1) is 29.1. The molecular formula is C30H36ClFN2O5. The number of ether oxygens (including phenoxy) is 3. The van der Waals surface area contributed by atoms with Crippen LogP contribution >= 0.6 is 11.6 Å². The number of fused-ring (bicyclic) bond motifs is 3. The average molecular weight is 559 g/mol. The van der Waals surface area contributed by atoms with E-state index in [1.54, 1.807) is 51.6 Å². The Morgan fingerprint density at radius 3 is 2.36 bits per heavy atom. The van der Waals surface area contributed by atoms with Gasteiger partial charge in [-0.2, -0.15) is 0 Å². The third-order valence-corrected chi connectivity index (χ3v) is 7.85. The normalized spacial score (nSPS) is 24.9. The molecule has 5 rings (SSSR count). The monoisotopic (exact) mass is 558 g/mol. The summed E-state index contributed by atoms with van der Waals surface area (Å²) in [5.74, 6) is 0.751. The lowest BCUT2D eigenvalue weighted by Crippen LogP contribution is -2.55. The van der Waals surface area contributed by atoms with Gasteiger partial charge in [0.05, 0.1) is 26.4 Å². The smallest absolute Gasteiger partial charge is 0.175 e. The van der Waals surface area contributed by atoms with Gasteiger partial charge in [0.15, 0.2) is 11.2 Å². The SMILES string of the molecule is CN(C)CCO.CNC1CC(c2cccc(F)c2)C2(c3ccc(Cl)cc3)Oc3cc(OC)cc(OC)c3C12O. The average Bonchev–Trinajstić information content (AvgIpc) is 3.33. The maximum Gasteiger partial charge on any atom is 0.175 e. The Labute approximate surface area is 234 Å². The highest BCUT2D eigenvalue weighted by Gasteiger charge is 2.73. The predicted molar refractivity (Wildman–Crippen MR) is 149 cm³/mol. The number of aliphatic hydroxyl groups is 2. The molecule has 39 heavy (non-hydrogen) atoms. The Morgan fingerprint density at radius 1 is 1.10 bits per heavy atom. The molecule has 0 amide bonds. The Bertz CT molecular complexity index is 1290. The van der Waals surface area contributed by atoms with Gasteiger partial charge in [0, 0.05) is 35.7 Å². The zero-order valence-corrected chi connectivity index (χ0v) is 23.6. The fraction of sp³-hybridized carbons (Fsp3) is 0.400. The van der Waals surface area contributed by atoms with Crippen molar-refractivity contribution in [2.24, 2.45) is 0 Å². The van der Waals surface area contributed by atoms with Crippen LogP contribution < -0.4 is 19.5 Å². The highest BCUT2D eigenvalue weighted by Crippen LogP contribution is 2.68. The molecule has 0 aromatic heterocycles. The Balaban J connectivity index is 0.000000531. The number of rotatable bonds is 7. The molecule has 210 valence electrons. The van der Waals surface area contributed by atoms with E-state index < -0.39 is 17.2 Å². The maximum atomic E-state index is 14.3. The number of benzene rings is 3. The molecule has 1 heterocycles. The van der Waals surface area contributed by atoms with Gasteiger partial charge in [-0.25, -0.2) is 4.39 Å². The highest BCUT2D eigenvalue weighted by molar-refractivity contribution is 6.30. The predicted octanol–water partition coefficient (Wildman–Crippen LogP) is 4.29. The number of methoxy groups -OCH3 is 2. The molecule has 7 nitrogen and oxygen atoms in total. The molecule has 4 atom stereocenters. The third-order valence-electron chi connectivity index (χ3n) is 7.60. The first-order valence-electron chi connectivity index (χ1n) is 12.8. The number of aliphatic hydroxyl groups excluding tert-OH is 1. The van der Waals surface area contributed by atoms with E-state index in [0.29, 0.717) is 34.3 Å². The molecule has 1 aliphatic heterocycles. The Morgan fingerprint density at radius 2 is 1.82 bits per heavy atom. The molecule has 0 spiro atoms. The highest BCUT2D eigenvalue weighted by atomic mass is 35.5. The molecule has 0 radical (unpaired) electrons. The second-order valence-electron chi connectivity index (χ2n) is 10.0. The van der Waals surface area contributed by atoms with Crippen LogP contribution in [0.15, 0.2) is 60.7 Å². The van der Waals surface area contributed by atoms with Crippen molar-refractivity contribution in [3.63, 3.8) is 0 Å². The molecule has 0 saturated heterocycles. The van der Waals surface area contributed by atoms with Gasteiger partial charge < -0.3 is 34.6 Å². The summed E-state index contributed by atoms with van der Waals surface area (Å²) in [5.41, 5.74) is -0.780. The lowest BCUT2D eigenvalue weighted by molar-refractivity contribution is -0.117. The fourth-order valence-corrected chi connectivity index (χ4v) is 6.00. The lowest BCUT2D eigenvalue weighted by Gasteiger charge is -2.41. The van der Waals surface area contributed by atoms with Crippen LogP contribution in [-0.4, -0.2) is 69.7 Å². The molecule has 1 saturated carbocycles. The van der Waals surface area contributed by atoms with E-state index in [9.17, 15) is 9.50 Å². The van der Waals surface area contributed by atoms with Crippen molar-refractivity contribution in [3.8, 4) is 17.2 Å². The van der Waals surface area contributed by atoms with Gasteiger partial charge in [-0.15, -0.1) is 0 Å². The molecule has 2 aliphatic rings. The standard InChI is InChI=1S/C26H25ClFNO4.C4H11NO/c1-29-23-14-20(15-5-4-6-18(28)11-15)26(16-7-9-17(27)10-8-16)25(23,30)24-21(32-3)12-19(31-2)13-22(24)33-26;1-5(2)3-4-6/h4-13,20,23,29-30H,14H2,1-3H3;6H,3-4H2,1-2H3. The topological polar surface area (TPSA) is 83.4 Å². The van der Waals surface area contributed by atoms with Crippen LogP contribution in [-0.2, 0) is 11.2 Å². The van der Waals surface area contributed by atoms with Crippen LogP contribution in [0, 0.1) is 5.82 Å². The van der Waals surface area contributed by atoms with E-state index in [1.165, 1.54) is 12.1 Å².